The summed E-state index contributed by atoms with van der Waals surface area (Å²) in [4.78, 5) is 3.86. The van der Waals surface area contributed by atoms with Crippen LogP contribution in [0.3, 0.4) is 0 Å². The molecule has 1 unspecified atom stereocenters. The van der Waals surface area contributed by atoms with E-state index >= 15 is 0 Å². The molecular formula is C19H23NO3S2. The highest BCUT2D eigenvalue weighted by atomic mass is 32.2. The third-order valence-corrected chi connectivity index (χ3v) is 6.80. The first-order chi connectivity index (χ1) is 12.0. The fourth-order valence-electron chi connectivity index (χ4n) is 3.30. The molecule has 0 amide bonds. The lowest BCUT2D eigenvalue weighted by Crippen LogP contribution is -2.39. The highest BCUT2D eigenvalue weighted by Gasteiger charge is 2.36. The van der Waals surface area contributed by atoms with Gasteiger partial charge in [-0.25, -0.2) is 0 Å². The van der Waals surface area contributed by atoms with Gasteiger partial charge in [0.25, 0.3) is 10.1 Å². The molecule has 1 heterocycles. The summed E-state index contributed by atoms with van der Waals surface area (Å²) in [7, 11) is -4.22. The Hall–Kier alpha value is -1.50. The van der Waals surface area contributed by atoms with Crippen LogP contribution in [-0.4, -0.2) is 18.3 Å². The van der Waals surface area contributed by atoms with E-state index in [2.05, 4.69) is 13.0 Å². The molecule has 0 fully saturated rings. The minimum absolute atomic E-state index is 0.305. The molecule has 1 atom stereocenters. The van der Waals surface area contributed by atoms with Gasteiger partial charge in [0.1, 0.15) is 0 Å². The van der Waals surface area contributed by atoms with Crippen LogP contribution in [0.4, 0.5) is 11.4 Å². The van der Waals surface area contributed by atoms with Gasteiger partial charge in [-0.15, -0.1) is 0 Å². The second-order valence-electron chi connectivity index (χ2n) is 6.19. The molecule has 6 heteroatoms. The fourth-order valence-corrected chi connectivity index (χ4v) is 5.33. The van der Waals surface area contributed by atoms with Crippen molar-refractivity contribution >= 4 is 33.3 Å². The zero-order valence-electron chi connectivity index (χ0n) is 14.5. The van der Waals surface area contributed by atoms with Crippen molar-refractivity contribution in [2.75, 3.05) is 4.90 Å². The van der Waals surface area contributed by atoms with Gasteiger partial charge in [-0.2, -0.15) is 8.42 Å². The summed E-state index contributed by atoms with van der Waals surface area (Å²) in [5, 5.41) is -0.990. The van der Waals surface area contributed by atoms with Gasteiger partial charge in [0, 0.05) is 9.79 Å². The number of aryl methyl sites for hydroxylation is 1. The van der Waals surface area contributed by atoms with Crippen molar-refractivity contribution in [2.24, 2.45) is 0 Å². The maximum Gasteiger partial charge on any atom is 0.286 e. The van der Waals surface area contributed by atoms with Gasteiger partial charge in [0.05, 0.1) is 11.4 Å². The summed E-state index contributed by atoms with van der Waals surface area (Å²) >= 11 is 1.65. The average Bonchev–Trinajstić information content (AvgIpc) is 2.58. The largest absolute Gasteiger partial charge is 0.319 e. The molecule has 2 aromatic carbocycles. The first-order valence-corrected chi connectivity index (χ1v) is 10.9. The second kappa shape index (κ2) is 7.40. The molecule has 2 aromatic rings. The number of hydrogen-bond donors (Lipinski definition) is 1. The number of anilines is 2. The molecule has 0 spiro atoms. The molecule has 0 saturated carbocycles. The Morgan fingerprint density at radius 2 is 1.80 bits per heavy atom. The van der Waals surface area contributed by atoms with Gasteiger partial charge in [-0.05, 0) is 43.0 Å². The predicted octanol–water partition coefficient (Wildman–Crippen LogP) is 5.26. The van der Waals surface area contributed by atoms with Crippen molar-refractivity contribution in [2.45, 2.75) is 54.7 Å². The van der Waals surface area contributed by atoms with Gasteiger partial charge in [0.15, 0.2) is 5.37 Å². The molecule has 4 nitrogen and oxygen atoms in total. The first-order valence-electron chi connectivity index (χ1n) is 8.61. The molecule has 1 aliphatic heterocycles. The quantitative estimate of drug-likeness (QED) is 0.696. The van der Waals surface area contributed by atoms with Gasteiger partial charge in [-0.1, -0.05) is 56.3 Å². The standard InChI is InChI=1S/C19H23NO3S2/c1-3-5-9-14-10-8-13-17-19(14)20(18(4-2)25(21,22)23)15-11-6-7-12-16(15)24-17/h6-8,10-13,18H,3-5,9H2,1-2H3,(H,21,22,23). The first kappa shape index (κ1) is 18.3. The summed E-state index contributed by atoms with van der Waals surface area (Å²) in [6.45, 7) is 3.93. The van der Waals surface area contributed by atoms with Crippen LogP contribution in [0.2, 0.25) is 0 Å². The fraction of sp³-hybridized carbons (Fsp3) is 0.368. The number of benzene rings is 2. The molecule has 0 aromatic heterocycles. The van der Waals surface area contributed by atoms with Crippen LogP contribution >= 0.6 is 11.8 Å². The van der Waals surface area contributed by atoms with Gasteiger partial charge in [-0.3, -0.25) is 4.55 Å². The SMILES string of the molecule is CCCCc1cccc2c1N(C(CC)S(=O)(=O)O)c1ccccc1S2. The third-order valence-electron chi connectivity index (χ3n) is 4.45. The summed E-state index contributed by atoms with van der Waals surface area (Å²) in [5.41, 5.74) is 2.89. The van der Waals surface area contributed by atoms with Crippen molar-refractivity contribution in [3.63, 3.8) is 0 Å². The maximum atomic E-state index is 12.1. The molecule has 0 radical (unpaired) electrons. The van der Waals surface area contributed by atoms with Crippen molar-refractivity contribution in [1.29, 1.82) is 0 Å². The monoisotopic (exact) mass is 377 g/mol. The van der Waals surface area contributed by atoms with Gasteiger partial charge >= 0.3 is 0 Å². The van der Waals surface area contributed by atoms with E-state index in [0.717, 1.165) is 46.0 Å². The Morgan fingerprint density at radius 1 is 1.08 bits per heavy atom. The topological polar surface area (TPSA) is 57.6 Å². The zero-order valence-corrected chi connectivity index (χ0v) is 16.1. The number of para-hydroxylation sites is 2. The van der Waals surface area contributed by atoms with Crippen LogP contribution in [0.5, 0.6) is 0 Å². The molecule has 3 rings (SSSR count). The van der Waals surface area contributed by atoms with Crippen molar-refractivity contribution in [1.82, 2.24) is 0 Å². The summed E-state index contributed by atoms with van der Waals surface area (Å²) in [6.07, 6.45) is 3.31. The zero-order chi connectivity index (χ0) is 18.0. The molecule has 1 aliphatic rings. The number of nitrogens with zero attached hydrogens (tertiary/aromatic N) is 1. The highest BCUT2D eigenvalue weighted by Crippen LogP contribution is 2.51. The van der Waals surface area contributed by atoms with Crippen LogP contribution in [0.15, 0.2) is 52.3 Å². The molecule has 0 bridgehead atoms. The van der Waals surface area contributed by atoms with Gasteiger partial charge in [0.2, 0.25) is 0 Å². The van der Waals surface area contributed by atoms with E-state index in [9.17, 15) is 13.0 Å². The minimum Gasteiger partial charge on any atom is -0.319 e. The molecular weight excluding hydrogens is 354 g/mol. The van der Waals surface area contributed by atoms with E-state index in [1.807, 2.05) is 41.3 Å². The predicted molar refractivity (Wildman–Crippen MR) is 103 cm³/mol. The van der Waals surface area contributed by atoms with Crippen LogP contribution in [0.25, 0.3) is 0 Å². The number of rotatable bonds is 6. The second-order valence-corrected chi connectivity index (χ2v) is 8.84. The smallest absolute Gasteiger partial charge is 0.286 e. The third kappa shape index (κ3) is 3.57. The van der Waals surface area contributed by atoms with Crippen LogP contribution in [0.1, 0.15) is 38.7 Å². The van der Waals surface area contributed by atoms with E-state index in [1.165, 1.54) is 0 Å². The number of unbranched alkanes of at least 4 members (excludes halogenated alkanes) is 1. The van der Waals surface area contributed by atoms with E-state index in [1.54, 1.807) is 18.7 Å². The lowest BCUT2D eigenvalue weighted by Gasteiger charge is -2.38. The summed E-state index contributed by atoms with van der Waals surface area (Å²) in [5.74, 6) is 0. The molecule has 0 aliphatic carbocycles. The van der Waals surface area contributed by atoms with E-state index in [-0.39, 0.29) is 0 Å². The van der Waals surface area contributed by atoms with E-state index in [4.69, 9.17) is 0 Å². The Kier molecular flexibility index (Phi) is 5.41. The lowest BCUT2D eigenvalue weighted by molar-refractivity contribution is 0.464. The van der Waals surface area contributed by atoms with Crippen molar-refractivity contribution in [3.05, 3.63) is 48.0 Å². The molecule has 25 heavy (non-hydrogen) atoms. The van der Waals surface area contributed by atoms with E-state index in [0.29, 0.717) is 6.42 Å². The number of hydrogen-bond acceptors (Lipinski definition) is 4. The van der Waals surface area contributed by atoms with Crippen LogP contribution in [-0.2, 0) is 16.5 Å². The lowest BCUT2D eigenvalue weighted by atomic mass is 10.0. The van der Waals surface area contributed by atoms with Gasteiger partial charge < -0.3 is 4.90 Å². The average molecular weight is 378 g/mol. The van der Waals surface area contributed by atoms with Crippen LogP contribution < -0.4 is 4.90 Å². The molecule has 0 saturated heterocycles. The van der Waals surface area contributed by atoms with Crippen molar-refractivity contribution in [3.8, 4) is 0 Å². The maximum absolute atomic E-state index is 12.1. The van der Waals surface area contributed by atoms with E-state index < -0.39 is 15.5 Å². The summed E-state index contributed by atoms with van der Waals surface area (Å²) in [6, 6.07) is 13.9. The Balaban J connectivity index is 2.22. The molecule has 134 valence electrons. The number of fused-ring (bicyclic) bond motifs is 2. The van der Waals surface area contributed by atoms with Crippen molar-refractivity contribution < 1.29 is 13.0 Å². The van der Waals surface area contributed by atoms with Crippen LogP contribution in [0, 0.1) is 0 Å². The normalized spacial score (nSPS) is 14.8. The molecule has 1 N–H and O–H groups in total. The minimum atomic E-state index is -4.22. The Labute approximate surface area is 154 Å². The Bertz CT molecular complexity index is 865. The summed E-state index contributed by atoms with van der Waals surface area (Å²) < 4.78 is 34.1. The highest BCUT2D eigenvalue weighted by molar-refractivity contribution is 7.99. The Morgan fingerprint density at radius 3 is 2.48 bits per heavy atom.